The summed E-state index contributed by atoms with van der Waals surface area (Å²) in [5.74, 6) is 0. The summed E-state index contributed by atoms with van der Waals surface area (Å²) >= 11 is 0. The fourth-order valence-electron chi connectivity index (χ4n) is 1.48. The molecular formula is C11H21NO2. The highest BCUT2D eigenvalue weighted by molar-refractivity contribution is 4.67. The van der Waals surface area contributed by atoms with Crippen molar-refractivity contribution in [3.63, 3.8) is 0 Å². The van der Waals surface area contributed by atoms with E-state index in [2.05, 4.69) is 11.9 Å². The van der Waals surface area contributed by atoms with E-state index in [1.54, 1.807) is 0 Å². The lowest BCUT2D eigenvalue weighted by Gasteiger charge is -2.10. The standard InChI is InChI=1S/C11H21NO2/c1-2-3-7-13-9-6-12-10-11-5-4-8-14-11/h2,11-12H,1,3-10H2. The van der Waals surface area contributed by atoms with Crippen LogP contribution in [0.4, 0.5) is 0 Å². The molecule has 0 aromatic carbocycles. The largest absolute Gasteiger partial charge is 0.380 e. The zero-order chi connectivity index (χ0) is 10.1. The smallest absolute Gasteiger partial charge is 0.0700 e. The second-order valence-corrected chi connectivity index (χ2v) is 3.53. The van der Waals surface area contributed by atoms with Crippen molar-refractivity contribution in [2.24, 2.45) is 0 Å². The van der Waals surface area contributed by atoms with Gasteiger partial charge in [0.1, 0.15) is 0 Å². The Labute approximate surface area is 86.5 Å². The van der Waals surface area contributed by atoms with E-state index in [0.29, 0.717) is 6.10 Å². The second-order valence-electron chi connectivity index (χ2n) is 3.53. The van der Waals surface area contributed by atoms with Crippen molar-refractivity contribution in [2.45, 2.75) is 25.4 Å². The van der Waals surface area contributed by atoms with Gasteiger partial charge in [-0.1, -0.05) is 6.08 Å². The molecule has 1 rings (SSSR count). The van der Waals surface area contributed by atoms with Gasteiger partial charge in [-0.05, 0) is 19.3 Å². The first-order chi connectivity index (χ1) is 6.93. The molecule has 1 saturated heterocycles. The SMILES string of the molecule is C=CCCOCCNCC1CCCO1. The fourth-order valence-corrected chi connectivity index (χ4v) is 1.48. The molecule has 14 heavy (non-hydrogen) atoms. The minimum Gasteiger partial charge on any atom is -0.380 e. The van der Waals surface area contributed by atoms with Crippen molar-refractivity contribution >= 4 is 0 Å². The van der Waals surface area contributed by atoms with Gasteiger partial charge in [-0.3, -0.25) is 0 Å². The Bertz CT molecular complexity index is 144. The lowest BCUT2D eigenvalue weighted by Crippen LogP contribution is -2.29. The van der Waals surface area contributed by atoms with E-state index < -0.39 is 0 Å². The van der Waals surface area contributed by atoms with Crippen LogP contribution >= 0.6 is 0 Å². The molecule has 0 radical (unpaired) electrons. The highest BCUT2D eigenvalue weighted by atomic mass is 16.5. The molecule has 1 heterocycles. The third-order valence-electron chi connectivity index (χ3n) is 2.29. The molecule has 1 atom stereocenters. The molecule has 1 aliphatic rings. The zero-order valence-electron chi connectivity index (χ0n) is 8.84. The van der Waals surface area contributed by atoms with Gasteiger partial charge in [0.2, 0.25) is 0 Å². The lowest BCUT2D eigenvalue weighted by atomic mass is 10.2. The average Bonchev–Trinajstić information content (AvgIpc) is 2.69. The monoisotopic (exact) mass is 199 g/mol. The second kappa shape index (κ2) is 7.97. The normalized spacial score (nSPS) is 21.3. The summed E-state index contributed by atoms with van der Waals surface area (Å²) < 4.78 is 10.8. The summed E-state index contributed by atoms with van der Waals surface area (Å²) in [7, 11) is 0. The molecule has 1 unspecified atom stereocenters. The number of rotatable bonds is 8. The van der Waals surface area contributed by atoms with Crippen LogP contribution in [0.3, 0.4) is 0 Å². The summed E-state index contributed by atoms with van der Waals surface area (Å²) in [5.41, 5.74) is 0. The predicted octanol–water partition coefficient (Wildman–Crippen LogP) is 1.35. The maximum atomic E-state index is 5.48. The first kappa shape index (κ1) is 11.7. The third kappa shape index (κ3) is 5.37. The lowest BCUT2D eigenvalue weighted by molar-refractivity contribution is 0.103. The molecule has 0 amide bonds. The molecule has 1 N–H and O–H groups in total. The van der Waals surface area contributed by atoms with Crippen molar-refractivity contribution in [3.8, 4) is 0 Å². The van der Waals surface area contributed by atoms with Crippen LogP contribution in [-0.2, 0) is 9.47 Å². The van der Waals surface area contributed by atoms with Gasteiger partial charge >= 0.3 is 0 Å². The zero-order valence-corrected chi connectivity index (χ0v) is 8.84. The topological polar surface area (TPSA) is 30.5 Å². The third-order valence-corrected chi connectivity index (χ3v) is 2.29. The van der Waals surface area contributed by atoms with Crippen LogP contribution in [0.2, 0.25) is 0 Å². The van der Waals surface area contributed by atoms with Gasteiger partial charge in [-0.15, -0.1) is 6.58 Å². The van der Waals surface area contributed by atoms with Crippen molar-refractivity contribution in [1.29, 1.82) is 0 Å². The van der Waals surface area contributed by atoms with Gasteiger partial charge < -0.3 is 14.8 Å². The molecule has 82 valence electrons. The van der Waals surface area contributed by atoms with Gasteiger partial charge in [-0.25, -0.2) is 0 Å². The Kier molecular flexibility index (Phi) is 6.66. The quantitative estimate of drug-likeness (QED) is 0.473. The van der Waals surface area contributed by atoms with E-state index in [9.17, 15) is 0 Å². The molecule has 0 spiro atoms. The molecule has 0 bridgehead atoms. The molecule has 0 aromatic heterocycles. The number of hydrogen-bond acceptors (Lipinski definition) is 3. The molecule has 3 heteroatoms. The summed E-state index contributed by atoms with van der Waals surface area (Å²) in [4.78, 5) is 0. The summed E-state index contributed by atoms with van der Waals surface area (Å²) in [6, 6.07) is 0. The summed E-state index contributed by atoms with van der Waals surface area (Å²) in [6.07, 6.45) is 5.65. The van der Waals surface area contributed by atoms with Crippen LogP contribution < -0.4 is 5.32 Å². The minimum absolute atomic E-state index is 0.433. The Balaban J connectivity index is 1.77. The van der Waals surface area contributed by atoms with Gasteiger partial charge in [-0.2, -0.15) is 0 Å². The van der Waals surface area contributed by atoms with Crippen LogP contribution in [-0.4, -0.2) is 39.0 Å². The maximum absolute atomic E-state index is 5.48. The molecule has 1 aliphatic heterocycles. The van der Waals surface area contributed by atoms with Crippen LogP contribution in [0.25, 0.3) is 0 Å². The molecule has 0 aliphatic carbocycles. The van der Waals surface area contributed by atoms with Gasteiger partial charge in [0.25, 0.3) is 0 Å². The molecular weight excluding hydrogens is 178 g/mol. The summed E-state index contributed by atoms with van der Waals surface area (Å²) in [5, 5.41) is 3.33. The van der Waals surface area contributed by atoms with Crippen molar-refractivity contribution < 1.29 is 9.47 Å². The van der Waals surface area contributed by atoms with E-state index in [-0.39, 0.29) is 0 Å². The highest BCUT2D eigenvalue weighted by Gasteiger charge is 2.13. The molecule has 0 aromatic rings. The maximum Gasteiger partial charge on any atom is 0.0700 e. The van der Waals surface area contributed by atoms with Crippen LogP contribution in [0.5, 0.6) is 0 Å². The first-order valence-electron chi connectivity index (χ1n) is 5.44. The predicted molar refractivity (Wildman–Crippen MR) is 57.5 cm³/mol. The Morgan fingerprint density at radius 3 is 3.14 bits per heavy atom. The first-order valence-corrected chi connectivity index (χ1v) is 5.44. The van der Waals surface area contributed by atoms with Crippen LogP contribution in [0, 0.1) is 0 Å². The average molecular weight is 199 g/mol. The Morgan fingerprint density at radius 1 is 1.50 bits per heavy atom. The molecule has 0 saturated carbocycles. The Hall–Kier alpha value is -0.380. The number of hydrogen-bond donors (Lipinski definition) is 1. The molecule has 3 nitrogen and oxygen atoms in total. The van der Waals surface area contributed by atoms with Crippen molar-refractivity contribution in [2.75, 3.05) is 32.9 Å². The van der Waals surface area contributed by atoms with E-state index in [1.165, 1.54) is 12.8 Å². The van der Waals surface area contributed by atoms with Gasteiger partial charge in [0.15, 0.2) is 0 Å². The van der Waals surface area contributed by atoms with Gasteiger partial charge in [0.05, 0.1) is 19.3 Å². The highest BCUT2D eigenvalue weighted by Crippen LogP contribution is 2.10. The van der Waals surface area contributed by atoms with E-state index in [4.69, 9.17) is 9.47 Å². The van der Waals surface area contributed by atoms with Crippen molar-refractivity contribution in [3.05, 3.63) is 12.7 Å². The fraction of sp³-hybridized carbons (Fsp3) is 0.818. The van der Waals surface area contributed by atoms with Crippen molar-refractivity contribution in [1.82, 2.24) is 5.32 Å². The number of ether oxygens (including phenoxy) is 2. The summed E-state index contributed by atoms with van der Waals surface area (Å²) in [6.45, 7) is 8.01. The van der Waals surface area contributed by atoms with Crippen LogP contribution in [0.15, 0.2) is 12.7 Å². The van der Waals surface area contributed by atoms with Crippen LogP contribution in [0.1, 0.15) is 19.3 Å². The Morgan fingerprint density at radius 2 is 2.43 bits per heavy atom. The van der Waals surface area contributed by atoms with E-state index in [1.807, 2.05) is 6.08 Å². The van der Waals surface area contributed by atoms with E-state index in [0.717, 1.165) is 39.3 Å². The van der Waals surface area contributed by atoms with Gasteiger partial charge in [0, 0.05) is 19.7 Å². The molecule has 1 fully saturated rings. The number of nitrogens with one attached hydrogen (secondary N) is 1. The van der Waals surface area contributed by atoms with E-state index >= 15 is 0 Å². The minimum atomic E-state index is 0.433.